The average molecular weight is 291 g/mol. The van der Waals surface area contributed by atoms with Crippen molar-refractivity contribution in [3.8, 4) is 0 Å². The molecule has 0 rings (SSSR count). The van der Waals surface area contributed by atoms with E-state index >= 15 is 0 Å². The molecule has 0 fully saturated rings. The Kier molecular flexibility index (Phi) is 5.16. The van der Waals surface area contributed by atoms with Crippen LogP contribution in [0.15, 0.2) is 0 Å². The molecular weight excluding hydrogens is 281 g/mol. The van der Waals surface area contributed by atoms with Crippen LogP contribution in [0.5, 0.6) is 0 Å². The lowest BCUT2D eigenvalue weighted by atomic mass is 10.9. The number of rotatable bonds is 3. The van der Waals surface area contributed by atoms with Gasteiger partial charge in [0.2, 0.25) is 6.69 Å². The molecule has 1 unspecified atom stereocenters. The summed E-state index contributed by atoms with van der Waals surface area (Å²) in [6.07, 6.45) is 0. The molecule has 0 amide bonds. The first-order chi connectivity index (χ1) is 4.63. The molecule has 0 aromatic heterocycles. The van der Waals surface area contributed by atoms with E-state index in [9.17, 15) is 0 Å². The Bertz CT molecular complexity index is 125. The fraction of sp³-hybridized carbons (Fsp3) is 1.00. The van der Waals surface area contributed by atoms with Gasteiger partial charge in [-0.05, 0) is 19.1 Å². The largest absolute Gasteiger partial charge is 0.265 e. The molecule has 7 heteroatoms. The van der Waals surface area contributed by atoms with Gasteiger partial charge in [0.1, 0.15) is 0 Å². The second-order valence-electron chi connectivity index (χ2n) is 2.70. The fourth-order valence-corrected chi connectivity index (χ4v) is 8.27. The van der Waals surface area contributed by atoms with Crippen molar-refractivity contribution in [1.82, 2.24) is 0 Å². The van der Waals surface area contributed by atoms with E-state index in [0.717, 1.165) is 0 Å². The standard InChI is InChI=1S/C4H9Cl5Si2/c1-10(6,7)3-4(5)11(2,8)9/h4H,3H2,1-2H3. The van der Waals surface area contributed by atoms with E-state index < -0.39 is 13.4 Å². The minimum Gasteiger partial charge on any atom is -0.146 e. The van der Waals surface area contributed by atoms with Crippen LogP contribution in [0.2, 0.25) is 19.1 Å². The van der Waals surface area contributed by atoms with Crippen LogP contribution in [-0.2, 0) is 0 Å². The number of alkyl halides is 1. The molecule has 11 heavy (non-hydrogen) atoms. The first-order valence-corrected chi connectivity index (χ1v) is 12.8. The minimum atomic E-state index is -2.29. The van der Waals surface area contributed by atoms with E-state index in [0.29, 0.717) is 6.04 Å². The van der Waals surface area contributed by atoms with Crippen molar-refractivity contribution >= 4 is 69.3 Å². The molecule has 0 aliphatic carbocycles. The van der Waals surface area contributed by atoms with Gasteiger partial charge in [0.15, 0.2) is 0 Å². The van der Waals surface area contributed by atoms with E-state index in [1.807, 2.05) is 0 Å². The second-order valence-corrected chi connectivity index (χ2v) is 19.6. The summed E-state index contributed by atoms with van der Waals surface area (Å²) in [6.45, 7) is -0.876. The van der Waals surface area contributed by atoms with Crippen LogP contribution < -0.4 is 0 Å². The van der Waals surface area contributed by atoms with Crippen LogP contribution in [0.4, 0.5) is 0 Å². The molecule has 0 nitrogen and oxygen atoms in total. The van der Waals surface area contributed by atoms with Gasteiger partial charge in [-0.15, -0.1) is 55.9 Å². The van der Waals surface area contributed by atoms with Gasteiger partial charge >= 0.3 is 0 Å². The molecule has 0 aromatic carbocycles. The quantitative estimate of drug-likeness (QED) is 0.414. The maximum absolute atomic E-state index is 5.91. The predicted octanol–water partition coefficient (Wildman–Crippen LogP) is 4.23. The zero-order valence-corrected chi connectivity index (χ0v) is 12.0. The summed E-state index contributed by atoms with van der Waals surface area (Å²) >= 11 is 29.4. The third kappa shape index (κ3) is 6.99. The lowest BCUT2D eigenvalue weighted by Gasteiger charge is -2.21. The van der Waals surface area contributed by atoms with E-state index in [4.69, 9.17) is 55.9 Å². The van der Waals surface area contributed by atoms with Crippen molar-refractivity contribution in [2.75, 3.05) is 0 Å². The third-order valence-corrected chi connectivity index (χ3v) is 8.82. The Labute approximate surface area is 92.9 Å². The lowest BCUT2D eigenvalue weighted by molar-refractivity contribution is 1.30. The average Bonchev–Trinajstić information content (AvgIpc) is 1.56. The maximum Gasteiger partial charge on any atom is 0.265 e. The Morgan fingerprint density at radius 2 is 1.45 bits per heavy atom. The highest BCUT2D eigenvalue weighted by atomic mass is 35.7. The molecule has 0 heterocycles. The summed E-state index contributed by atoms with van der Waals surface area (Å²) in [7, 11) is 0. The van der Waals surface area contributed by atoms with Crippen molar-refractivity contribution in [1.29, 1.82) is 0 Å². The number of halogens is 5. The summed E-state index contributed by atoms with van der Waals surface area (Å²) in [5.41, 5.74) is 0. The summed E-state index contributed by atoms with van der Waals surface area (Å²) in [5, 5.41) is -0.252. The van der Waals surface area contributed by atoms with Crippen molar-refractivity contribution < 1.29 is 0 Å². The third-order valence-electron chi connectivity index (χ3n) is 1.09. The highest BCUT2D eigenvalue weighted by Crippen LogP contribution is 2.33. The first-order valence-electron chi connectivity index (χ1n) is 3.02. The second kappa shape index (κ2) is 4.40. The normalized spacial score (nSPS) is 16.6. The zero-order chi connectivity index (χ0) is 9.28. The van der Waals surface area contributed by atoms with E-state index in [1.165, 1.54) is 0 Å². The van der Waals surface area contributed by atoms with Crippen molar-refractivity contribution in [2.24, 2.45) is 0 Å². The number of hydrogen-bond acceptors (Lipinski definition) is 0. The van der Waals surface area contributed by atoms with E-state index in [-0.39, 0.29) is 5.00 Å². The number of hydrogen-bond donors (Lipinski definition) is 0. The van der Waals surface area contributed by atoms with Gasteiger partial charge in [-0.1, -0.05) is 0 Å². The van der Waals surface area contributed by atoms with Crippen LogP contribution >= 0.6 is 55.9 Å². The van der Waals surface area contributed by atoms with Crippen molar-refractivity contribution in [3.05, 3.63) is 0 Å². The van der Waals surface area contributed by atoms with Gasteiger partial charge < -0.3 is 0 Å². The highest BCUT2D eigenvalue weighted by molar-refractivity contribution is 7.49. The molecule has 0 spiro atoms. The van der Waals surface area contributed by atoms with Gasteiger partial charge in [-0.3, -0.25) is 0 Å². The summed E-state index contributed by atoms with van der Waals surface area (Å²) in [4.78, 5) is 0. The Balaban J connectivity index is 3.99. The molecule has 0 aliphatic heterocycles. The van der Waals surface area contributed by atoms with Crippen LogP contribution in [0.25, 0.3) is 0 Å². The topological polar surface area (TPSA) is 0 Å². The highest BCUT2D eigenvalue weighted by Gasteiger charge is 2.37. The fourth-order valence-electron chi connectivity index (χ4n) is 0.494. The molecule has 1 atom stereocenters. The monoisotopic (exact) mass is 288 g/mol. The van der Waals surface area contributed by atoms with E-state index in [2.05, 4.69) is 0 Å². The van der Waals surface area contributed by atoms with Crippen molar-refractivity contribution in [2.45, 2.75) is 24.1 Å². The minimum absolute atomic E-state index is 0.252. The molecule has 0 aromatic rings. The van der Waals surface area contributed by atoms with Gasteiger partial charge in [0.25, 0.3) is 6.69 Å². The molecule has 0 radical (unpaired) electrons. The van der Waals surface area contributed by atoms with Gasteiger partial charge in [-0.25, -0.2) is 0 Å². The van der Waals surface area contributed by atoms with Crippen LogP contribution in [0.1, 0.15) is 0 Å². The zero-order valence-electron chi connectivity index (χ0n) is 6.17. The van der Waals surface area contributed by atoms with Gasteiger partial charge in [-0.2, -0.15) is 0 Å². The smallest absolute Gasteiger partial charge is 0.146 e. The van der Waals surface area contributed by atoms with Crippen molar-refractivity contribution in [3.63, 3.8) is 0 Å². The molecule has 0 saturated carbocycles. The summed E-state index contributed by atoms with van der Waals surface area (Å²) in [5.74, 6) is 0. The molecule has 68 valence electrons. The van der Waals surface area contributed by atoms with E-state index in [1.54, 1.807) is 13.1 Å². The predicted molar refractivity (Wildman–Crippen MR) is 61.1 cm³/mol. The Morgan fingerprint density at radius 1 is 1.09 bits per heavy atom. The lowest BCUT2D eigenvalue weighted by Crippen LogP contribution is -2.34. The Hall–Kier alpha value is 1.88. The molecule has 0 aliphatic rings. The Morgan fingerprint density at radius 3 is 1.55 bits per heavy atom. The molecule has 0 saturated heterocycles. The SMILES string of the molecule is C[Si](Cl)(Cl)CC(Cl)[Si](C)(Cl)Cl. The van der Waals surface area contributed by atoms with Crippen LogP contribution in [0, 0.1) is 0 Å². The molecule has 0 bridgehead atoms. The summed E-state index contributed by atoms with van der Waals surface area (Å²) < 4.78 is 0. The van der Waals surface area contributed by atoms with Crippen LogP contribution in [0.3, 0.4) is 0 Å². The maximum atomic E-state index is 5.91. The summed E-state index contributed by atoms with van der Waals surface area (Å²) in [6, 6.07) is 0.549. The molecular formula is C4H9Cl5Si2. The van der Waals surface area contributed by atoms with Gasteiger partial charge in [0, 0.05) is 0 Å². The first kappa shape index (κ1) is 12.9. The van der Waals surface area contributed by atoms with Gasteiger partial charge in [0.05, 0.1) is 5.00 Å². The molecule has 0 N–H and O–H groups in total. The van der Waals surface area contributed by atoms with Crippen LogP contribution in [-0.4, -0.2) is 18.4 Å².